The van der Waals surface area contributed by atoms with Crippen LogP contribution in [0.4, 0.5) is 0 Å². The molecule has 188 valence electrons. The first-order chi connectivity index (χ1) is 16.5. The van der Waals surface area contributed by atoms with Gasteiger partial charge in [-0.15, -0.1) is 0 Å². The van der Waals surface area contributed by atoms with Gasteiger partial charge in [0.15, 0.2) is 0 Å². The minimum Gasteiger partial charge on any atom is -0.392 e. The summed E-state index contributed by atoms with van der Waals surface area (Å²) in [5.41, 5.74) is 1.64. The van der Waals surface area contributed by atoms with Crippen LogP contribution in [0.25, 0.3) is 10.9 Å². The number of benzene rings is 1. The molecule has 3 N–H and O–H groups in total. The number of nitrogens with one attached hydrogen (secondary N) is 1. The van der Waals surface area contributed by atoms with Crippen molar-refractivity contribution in [1.29, 1.82) is 0 Å². The molecule has 1 aliphatic rings. The smallest absolute Gasteiger partial charge is 0.223 e. The van der Waals surface area contributed by atoms with E-state index >= 15 is 0 Å². The van der Waals surface area contributed by atoms with Crippen molar-refractivity contribution in [1.82, 2.24) is 10.3 Å². The van der Waals surface area contributed by atoms with Gasteiger partial charge in [0.05, 0.1) is 35.6 Å². The van der Waals surface area contributed by atoms with E-state index < -0.39 is 23.5 Å². The highest BCUT2D eigenvalue weighted by Crippen LogP contribution is 2.32. The molecule has 5 atom stereocenters. The van der Waals surface area contributed by atoms with Gasteiger partial charge in [-0.25, -0.2) is 0 Å². The molecule has 1 aromatic heterocycles. The van der Waals surface area contributed by atoms with E-state index in [2.05, 4.69) is 16.4 Å². The van der Waals surface area contributed by atoms with Crippen LogP contribution < -0.4 is 5.32 Å². The van der Waals surface area contributed by atoms with Gasteiger partial charge in [0, 0.05) is 17.5 Å². The number of rotatable bonds is 1. The number of aliphatic hydroxyl groups excluding tert-OH is 2. The van der Waals surface area contributed by atoms with Gasteiger partial charge in [0.2, 0.25) is 5.91 Å². The van der Waals surface area contributed by atoms with Crippen molar-refractivity contribution in [2.24, 2.45) is 17.3 Å². The number of allylic oxidation sites excluding steroid dienone is 3. The summed E-state index contributed by atoms with van der Waals surface area (Å²) in [7, 11) is 0. The van der Waals surface area contributed by atoms with Crippen LogP contribution >= 0.6 is 0 Å². The lowest BCUT2D eigenvalue weighted by atomic mass is 9.73. The monoisotopic (exact) mass is 478 g/mol. The molecule has 0 aliphatic carbocycles. The van der Waals surface area contributed by atoms with E-state index in [1.54, 1.807) is 27.0 Å². The van der Waals surface area contributed by atoms with Crippen LogP contribution in [0.2, 0.25) is 0 Å². The van der Waals surface area contributed by atoms with Crippen molar-refractivity contribution in [2.45, 2.75) is 72.1 Å². The van der Waals surface area contributed by atoms with Crippen molar-refractivity contribution < 1.29 is 19.8 Å². The quantitative estimate of drug-likeness (QED) is 0.553. The zero-order valence-corrected chi connectivity index (χ0v) is 21.4. The van der Waals surface area contributed by atoms with Gasteiger partial charge >= 0.3 is 0 Å². The second-order valence-electron chi connectivity index (χ2n) is 10.5. The average Bonchev–Trinajstić information content (AvgIpc) is 2.84. The Balaban J connectivity index is 1.95. The van der Waals surface area contributed by atoms with E-state index in [1.807, 2.05) is 56.3 Å². The molecule has 1 aromatic carbocycles. The number of amides is 1. The zero-order chi connectivity index (χ0) is 25.8. The molecule has 0 bridgehead atoms. The van der Waals surface area contributed by atoms with E-state index in [-0.39, 0.29) is 30.1 Å². The molecule has 0 unspecified atom stereocenters. The molecule has 0 saturated carbocycles. The van der Waals surface area contributed by atoms with Gasteiger partial charge in [-0.3, -0.25) is 14.6 Å². The summed E-state index contributed by atoms with van der Waals surface area (Å²) in [5.74, 6) is -1.37. The molecule has 6 heteroatoms. The summed E-state index contributed by atoms with van der Waals surface area (Å²) < 4.78 is 0. The maximum absolute atomic E-state index is 13.2. The fourth-order valence-electron chi connectivity index (χ4n) is 4.64. The fourth-order valence-corrected chi connectivity index (χ4v) is 4.64. The molecular formula is C29H38N2O4. The first-order valence-corrected chi connectivity index (χ1v) is 12.4. The minimum atomic E-state index is -1.18. The SMILES string of the molecule is CC1=C/C[C@@H](c2ccc3cccnc3c2)NC(=O)C[C@H](O)C(C)(C)C(=O)[C@H](C)[C@@H](O)[C@@H](C)C\C=C\1. The van der Waals surface area contributed by atoms with Gasteiger partial charge in [-0.2, -0.15) is 0 Å². The van der Waals surface area contributed by atoms with Crippen LogP contribution in [0.15, 0.2) is 60.3 Å². The fraction of sp³-hybridized carbons (Fsp3) is 0.483. The average molecular weight is 479 g/mol. The number of pyridine rings is 1. The first-order valence-electron chi connectivity index (χ1n) is 12.4. The lowest BCUT2D eigenvalue weighted by molar-refractivity contribution is -0.143. The van der Waals surface area contributed by atoms with Crippen LogP contribution in [0, 0.1) is 17.3 Å². The minimum absolute atomic E-state index is 0.125. The molecule has 0 spiro atoms. The highest BCUT2D eigenvalue weighted by molar-refractivity contribution is 5.88. The Morgan fingerprint density at radius 2 is 1.83 bits per heavy atom. The number of hydrogen-bond donors (Lipinski definition) is 3. The third-order valence-corrected chi connectivity index (χ3v) is 7.29. The number of hydrogen-bond acceptors (Lipinski definition) is 5. The second kappa shape index (κ2) is 11.3. The standard InChI is InChI=1S/C29H38N2O4/c1-18-8-6-9-19(2)27(34)20(3)28(35)29(4,5)25(32)17-26(33)31-23(14-11-18)22-13-12-21-10-7-15-30-24(21)16-22/h6-8,10-13,15-16,19-20,23,25,27,32,34H,9,14,17H2,1-5H3,(H,31,33)/b8-6+,18-11-/t19-,20+,23-,25-,27-/m0/s1. The Morgan fingerprint density at radius 1 is 1.09 bits per heavy atom. The molecule has 3 rings (SSSR count). The van der Waals surface area contributed by atoms with Gasteiger partial charge in [0.25, 0.3) is 0 Å². The molecule has 35 heavy (non-hydrogen) atoms. The van der Waals surface area contributed by atoms with Gasteiger partial charge in [-0.05, 0) is 43.4 Å². The second-order valence-corrected chi connectivity index (χ2v) is 10.5. The molecule has 2 heterocycles. The highest BCUT2D eigenvalue weighted by Gasteiger charge is 2.42. The maximum Gasteiger partial charge on any atom is 0.223 e. The number of aromatic nitrogens is 1. The zero-order valence-electron chi connectivity index (χ0n) is 21.4. The van der Waals surface area contributed by atoms with E-state index in [0.717, 1.165) is 22.0 Å². The summed E-state index contributed by atoms with van der Waals surface area (Å²) in [6, 6.07) is 9.53. The molecule has 0 fully saturated rings. The van der Waals surface area contributed by atoms with Crippen LogP contribution in [0.5, 0.6) is 0 Å². The molecule has 0 saturated heterocycles. The van der Waals surface area contributed by atoms with Crippen molar-refractivity contribution in [3.8, 4) is 0 Å². The van der Waals surface area contributed by atoms with Gasteiger partial charge in [0.1, 0.15) is 5.78 Å². The Bertz CT molecular complexity index is 1120. The van der Waals surface area contributed by atoms with Crippen molar-refractivity contribution in [3.63, 3.8) is 0 Å². The number of fused-ring (bicyclic) bond motifs is 1. The highest BCUT2D eigenvalue weighted by atomic mass is 16.3. The summed E-state index contributed by atoms with van der Waals surface area (Å²) in [4.78, 5) is 30.7. The molecular weight excluding hydrogens is 440 g/mol. The lowest BCUT2D eigenvalue weighted by Gasteiger charge is -2.34. The summed E-state index contributed by atoms with van der Waals surface area (Å²) in [6.45, 7) is 8.90. The topological polar surface area (TPSA) is 99.5 Å². The van der Waals surface area contributed by atoms with Crippen LogP contribution in [0.1, 0.15) is 65.5 Å². The van der Waals surface area contributed by atoms with E-state index in [0.29, 0.717) is 12.8 Å². The third kappa shape index (κ3) is 6.44. The molecule has 0 radical (unpaired) electrons. The van der Waals surface area contributed by atoms with E-state index in [1.165, 1.54) is 0 Å². The van der Waals surface area contributed by atoms with Crippen molar-refractivity contribution in [2.75, 3.05) is 0 Å². The van der Waals surface area contributed by atoms with Crippen LogP contribution in [0.3, 0.4) is 0 Å². The van der Waals surface area contributed by atoms with Gasteiger partial charge in [-0.1, -0.05) is 69.7 Å². The van der Waals surface area contributed by atoms with Crippen molar-refractivity contribution in [3.05, 3.63) is 65.9 Å². The normalized spacial score (nSPS) is 31.4. The number of Topliss-reactive ketones (excluding diaryl/α,β-unsaturated/α-hetero) is 1. The van der Waals surface area contributed by atoms with Gasteiger partial charge < -0.3 is 15.5 Å². The summed E-state index contributed by atoms with van der Waals surface area (Å²) in [5, 5.41) is 25.7. The van der Waals surface area contributed by atoms with Crippen LogP contribution in [-0.2, 0) is 9.59 Å². The van der Waals surface area contributed by atoms with E-state index in [9.17, 15) is 19.8 Å². The molecule has 2 aromatic rings. The number of carbonyl (C=O) groups is 2. The van der Waals surface area contributed by atoms with Crippen LogP contribution in [-0.4, -0.2) is 39.1 Å². The largest absolute Gasteiger partial charge is 0.392 e. The maximum atomic E-state index is 13.2. The number of carbonyl (C=O) groups excluding carboxylic acids is 2. The Labute approximate surface area is 208 Å². The van der Waals surface area contributed by atoms with Crippen molar-refractivity contribution >= 4 is 22.6 Å². The van der Waals surface area contributed by atoms with E-state index in [4.69, 9.17) is 0 Å². The summed E-state index contributed by atoms with van der Waals surface area (Å²) >= 11 is 0. The predicted molar refractivity (Wildman–Crippen MR) is 139 cm³/mol. The Kier molecular flexibility index (Phi) is 8.62. The summed E-state index contributed by atoms with van der Waals surface area (Å²) in [6.07, 6.45) is 6.81. The number of ketones is 1. The number of aliphatic hydroxyl groups is 2. The predicted octanol–water partition coefficient (Wildman–Crippen LogP) is 4.67. The third-order valence-electron chi connectivity index (χ3n) is 7.29. The lowest BCUT2D eigenvalue weighted by Crippen LogP contribution is -2.46. The molecule has 1 aliphatic heterocycles. The Morgan fingerprint density at radius 3 is 2.57 bits per heavy atom. The Hall–Kier alpha value is -2.83. The number of nitrogens with zero attached hydrogens (tertiary/aromatic N) is 1. The molecule has 1 amide bonds. The molecule has 6 nitrogen and oxygen atoms in total. The first kappa shape index (κ1) is 26.8.